The Kier molecular flexibility index (Phi) is 5.58. The van der Waals surface area contributed by atoms with E-state index in [4.69, 9.17) is 4.74 Å². The van der Waals surface area contributed by atoms with E-state index in [-0.39, 0.29) is 17.5 Å². The lowest BCUT2D eigenvalue weighted by Gasteiger charge is -2.13. The maximum absolute atomic E-state index is 12.0. The molecule has 0 heterocycles. The Morgan fingerprint density at radius 3 is 2.58 bits per heavy atom. The highest BCUT2D eigenvalue weighted by Gasteiger charge is 2.15. The fourth-order valence-corrected chi connectivity index (χ4v) is 2.87. The number of halogens is 1. The molecule has 6 heteroatoms. The van der Waals surface area contributed by atoms with Gasteiger partial charge in [0, 0.05) is 11.0 Å². The molecule has 0 saturated heterocycles. The van der Waals surface area contributed by atoms with E-state index in [1.807, 2.05) is 20.8 Å². The first-order valence-electron chi connectivity index (χ1n) is 5.82. The number of sulfonamides is 1. The van der Waals surface area contributed by atoms with Gasteiger partial charge in [-0.25, -0.2) is 13.1 Å². The van der Waals surface area contributed by atoms with Gasteiger partial charge in [-0.15, -0.1) is 0 Å². The lowest BCUT2D eigenvalue weighted by atomic mass is 10.2. The van der Waals surface area contributed by atoms with E-state index >= 15 is 0 Å². The van der Waals surface area contributed by atoms with Gasteiger partial charge in [0.05, 0.1) is 11.0 Å². The zero-order valence-electron chi connectivity index (χ0n) is 11.2. The van der Waals surface area contributed by atoms with Crippen molar-refractivity contribution in [1.82, 2.24) is 4.72 Å². The summed E-state index contributed by atoms with van der Waals surface area (Å²) in [6.07, 6.45) is 0.0519. The molecule has 4 nitrogen and oxygen atoms in total. The molecular formula is C13H18BrNO3S. The molecule has 0 bridgehead atoms. The van der Waals surface area contributed by atoms with E-state index in [9.17, 15) is 8.42 Å². The minimum absolute atomic E-state index is 0.0519. The van der Waals surface area contributed by atoms with Crippen LogP contribution in [-0.4, -0.2) is 21.1 Å². The number of nitrogens with one attached hydrogen (secondary N) is 1. The summed E-state index contributed by atoms with van der Waals surface area (Å²) in [6.45, 7) is 9.41. The van der Waals surface area contributed by atoms with Gasteiger partial charge in [-0.3, -0.25) is 0 Å². The van der Waals surface area contributed by atoms with Gasteiger partial charge in [-0.1, -0.05) is 22.5 Å². The van der Waals surface area contributed by atoms with Crippen LogP contribution in [0, 0.1) is 6.92 Å². The number of aryl methyl sites for hydroxylation is 1. The van der Waals surface area contributed by atoms with Gasteiger partial charge < -0.3 is 4.74 Å². The molecule has 0 aliphatic heterocycles. The summed E-state index contributed by atoms with van der Waals surface area (Å²) in [4.78, 5) is 0.217. The van der Waals surface area contributed by atoms with Crippen LogP contribution >= 0.6 is 15.9 Å². The second-order valence-electron chi connectivity index (χ2n) is 4.44. The van der Waals surface area contributed by atoms with Crippen molar-refractivity contribution >= 4 is 26.0 Å². The quantitative estimate of drug-likeness (QED) is 0.860. The van der Waals surface area contributed by atoms with Gasteiger partial charge in [0.2, 0.25) is 10.0 Å². The van der Waals surface area contributed by atoms with E-state index in [2.05, 4.69) is 27.2 Å². The van der Waals surface area contributed by atoms with Crippen molar-refractivity contribution in [3.05, 3.63) is 34.8 Å². The van der Waals surface area contributed by atoms with Crippen LogP contribution in [0.25, 0.3) is 0 Å². The Morgan fingerprint density at radius 1 is 1.47 bits per heavy atom. The van der Waals surface area contributed by atoms with E-state index in [0.29, 0.717) is 10.2 Å². The Labute approximate surface area is 123 Å². The minimum atomic E-state index is -3.52. The molecule has 0 fully saturated rings. The smallest absolute Gasteiger partial charge is 0.240 e. The fourth-order valence-electron chi connectivity index (χ4n) is 1.43. The summed E-state index contributed by atoms with van der Waals surface area (Å²) in [7, 11) is -3.52. The maximum atomic E-state index is 12.0. The van der Waals surface area contributed by atoms with Crippen LogP contribution in [-0.2, 0) is 10.0 Å². The third kappa shape index (κ3) is 4.97. The SMILES string of the molecule is C=C(Br)CNS(=O)(=O)c1ccc(OC(C)C)c(C)c1. The lowest BCUT2D eigenvalue weighted by molar-refractivity contribution is 0.240. The third-order valence-electron chi connectivity index (χ3n) is 2.27. The molecule has 0 aliphatic carbocycles. The average molecular weight is 348 g/mol. The molecule has 1 aromatic rings. The number of hydrogen-bond acceptors (Lipinski definition) is 3. The first kappa shape index (κ1) is 16.2. The van der Waals surface area contributed by atoms with Crippen molar-refractivity contribution in [3.63, 3.8) is 0 Å². The molecule has 0 aromatic heterocycles. The van der Waals surface area contributed by atoms with Crippen LogP contribution in [0.1, 0.15) is 19.4 Å². The number of hydrogen-bond donors (Lipinski definition) is 1. The largest absolute Gasteiger partial charge is 0.491 e. The van der Waals surface area contributed by atoms with Crippen LogP contribution in [0.3, 0.4) is 0 Å². The number of rotatable bonds is 6. The maximum Gasteiger partial charge on any atom is 0.240 e. The molecule has 19 heavy (non-hydrogen) atoms. The summed E-state index contributed by atoms with van der Waals surface area (Å²) in [5, 5.41) is 0. The van der Waals surface area contributed by atoms with Crippen molar-refractivity contribution in [2.45, 2.75) is 31.8 Å². The van der Waals surface area contributed by atoms with Gasteiger partial charge in [0.1, 0.15) is 5.75 Å². The predicted molar refractivity (Wildman–Crippen MR) is 80.2 cm³/mol. The van der Waals surface area contributed by atoms with Gasteiger partial charge in [-0.2, -0.15) is 0 Å². The predicted octanol–water partition coefficient (Wildman–Crippen LogP) is 2.97. The molecule has 0 amide bonds. The Morgan fingerprint density at radius 2 is 2.11 bits per heavy atom. The number of ether oxygens (including phenoxy) is 1. The van der Waals surface area contributed by atoms with E-state index in [1.165, 1.54) is 6.07 Å². The molecule has 0 radical (unpaired) electrons. The van der Waals surface area contributed by atoms with E-state index in [1.54, 1.807) is 12.1 Å². The average Bonchev–Trinajstić information content (AvgIpc) is 2.28. The van der Waals surface area contributed by atoms with Crippen LogP contribution in [0.5, 0.6) is 5.75 Å². The normalized spacial score (nSPS) is 11.6. The van der Waals surface area contributed by atoms with E-state index in [0.717, 1.165) is 5.56 Å². The highest BCUT2D eigenvalue weighted by atomic mass is 79.9. The second-order valence-corrected chi connectivity index (χ2v) is 7.32. The molecule has 1 aromatic carbocycles. The molecule has 1 rings (SSSR count). The summed E-state index contributed by atoms with van der Waals surface area (Å²) in [5.41, 5.74) is 0.786. The monoisotopic (exact) mass is 347 g/mol. The zero-order chi connectivity index (χ0) is 14.6. The second kappa shape index (κ2) is 6.54. The van der Waals surface area contributed by atoms with E-state index < -0.39 is 10.0 Å². The molecule has 0 aliphatic rings. The minimum Gasteiger partial charge on any atom is -0.491 e. The molecule has 0 unspecified atom stereocenters. The Balaban J connectivity index is 2.97. The topological polar surface area (TPSA) is 55.4 Å². The van der Waals surface area contributed by atoms with Crippen LogP contribution in [0.15, 0.2) is 34.2 Å². The molecule has 0 spiro atoms. The summed E-state index contributed by atoms with van der Waals surface area (Å²) < 4.78 is 32.6. The van der Waals surface area contributed by atoms with Crippen LogP contribution in [0.4, 0.5) is 0 Å². The standard InChI is InChI=1S/C13H18BrNO3S/c1-9(2)18-13-6-5-12(7-10(13)3)19(16,17)15-8-11(4)14/h5-7,9,15H,4,8H2,1-3H3. The number of benzene rings is 1. The molecular weight excluding hydrogens is 330 g/mol. The summed E-state index contributed by atoms with van der Waals surface area (Å²) in [5.74, 6) is 0.693. The van der Waals surface area contributed by atoms with Crippen molar-refractivity contribution < 1.29 is 13.2 Å². The Bertz CT molecular complexity index is 567. The van der Waals surface area contributed by atoms with Gasteiger partial charge in [0.15, 0.2) is 0 Å². The summed E-state index contributed by atoms with van der Waals surface area (Å²) >= 11 is 3.11. The highest BCUT2D eigenvalue weighted by Crippen LogP contribution is 2.22. The van der Waals surface area contributed by atoms with Crippen molar-refractivity contribution in [2.75, 3.05) is 6.54 Å². The first-order valence-corrected chi connectivity index (χ1v) is 8.10. The lowest BCUT2D eigenvalue weighted by Crippen LogP contribution is -2.24. The highest BCUT2D eigenvalue weighted by molar-refractivity contribution is 9.11. The molecule has 0 saturated carbocycles. The van der Waals surface area contributed by atoms with Gasteiger partial charge in [-0.05, 0) is 44.5 Å². The zero-order valence-corrected chi connectivity index (χ0v) is 13.6. The fraction of sp³-hybridized carbons (Fsp3) is 0.385. The Hall–Kier alpha value is -0.850. The van der Waals surface area contributed by atoms with Gasteiger partial charge >= 0.3 is 0 Å². The summed E-state index contributed by atoms with van der Waals surface area (Å²) in [6, 6.07) is 4.80. The van der Waals surface area contributed by atoms with Crippen molar-refractivity contribution in [1.29, 1.82) is 0 Å². The van der Waals surface area contributed by atoms with Gasteiger partial charge in [0.25, 0.3) is 0 Å². The van der Waals surface area contributed by atoms with Crippen molar-refractivity contribution in [2.24, 2.45) is 0 Å². The molecule has 0 atom stereocenters. The molecule has 106 valence electrons. The van der Waals surface area contributed by atoms with Crippen LogP contribution in [0.2, 0.25) is 0 Å². The van der Waals surface area contributed by atoms with Crippen molar-refractivity contribution in [3.8, 4) is 5.75 Å². The third-order valence-corrected chi connectivity index (χ3v) is 3.95. The molecule has 1 N–H and O–H groups in total. The first-order chi connectivity index (χ1) is 8.72. The van der Waals surface area contributed by atoms with Crippen LogP contribution < -0.4 is 9.46 Å².